The van der Waals surface area contributed by atoms with Crippen LogP contribution in [0, 0.1) is 0 Å². The normalized spacial score (nSPS) is 13.1. The summed E-state index contributed by atoms with van der Waals surface area (Å²) in [5, 5.41) is 13.6. The van der Waals surface area contributed by atoms with Gasteiger partial charge in [0.2, 0.25) is 0 Å². The molecule has 0 spiro atoms. The van der Waals surface area contributed by atoms with Gasteiger partial charge in [0.05, 0.1) is 12.3 Å². The van der Waals surface area contributed by atoms with Crippen molar-refractivity contribution in [3.63, 3.8) is 0 Å². The van der Waals surface area contributed by atoms with Crippen molar-refractivity contribution >= 4 is 0 Å². The summed E-state index contributed by atoms with van der Waals surface area (Å²) in [7, 11) is 0. The quantitative estimate of drug-likeness (QED) is 0.755. The van der Waals surface area contributed by atoms with Crippen LogP contribution in [0.2, 0.25) is 0 Å². The molecule has 1 aromatic rings. The molecule has 3 nitrogen and oxygen atoms in total. The Morgan fingerprint density at radius 3 is 2.86 bits per heavy atom. The van der Waals surface area contributed by atoms with Gasteiger partial charge >= 0.3 is 0 Å². The second-order valence-corrected chi connectivity index (χ2v) is 3.66. The molecular weight excluding hydrogens is 176 g/mol. The Hall–Kier alpha value is -0.830. The number of hydrogen-bond donors (Lipinski definition) is 1. The lowest BCUT2D eigenvalue weighted by atomic mass is 10.1. The molecule has 1 unspecified atom stereocenters. The van der Waals surface area contributed by atoms with Crippen LogP contribution in [0.15, 0.2) is 12.4 Å². The lowest BCUT2D eigenvalue weighted by molar-refractivity contribution is 0.158. The van der Waals surface area contributed by atoms with Crippen LogP contribution in [0.1, 0.15) is 38.7 Å². The van der Waals surface area contributed by atoms with E-state index in [1.165, 1.54) is 5.56 Å². The van der Waals surface area contributed by atoms with Crippen molar-refractivity contribution in [2.24, 2.45) is 0 Å². The molecule has 1 heterocycles. The first kappa shape index (κ1) is 11.2. The maximum absolute atomic E-state index is 9.37. The Labute approximate surface area is 85.8 Å². The molecule has 0 saturated heterocycles. The summed E-state index contributed by atoms with van der Waals surface area (Å²) in [5.41, 5.74) is 1.27. The molecule has 0 bridgehead atoms. The lowest BCUT2D eigenvalue weighted by Crippen LogP contribution is -2.04. The zero-order valence-corrected chi connectivity index (χ0v) is 9.11. The molecule has 1 aromatic heterocycles. The van der Waals surface area contributed by atoms with Gasteiger partial charge in [-0.25, -0.2) is 0 Å². The number of aliphatic hydroxyl groups is 1. The van der Waals surface area contributed by atoms with Crippen molar-refractivity contribution in [2.45, 2.75) is 52.2 Å². The van der Waals surface area contributed by atoms with E-state index in [0.29, 0.717) is 0 Å². The van der Waals surface area contributed by atoms with E-state index in [1.807, 2.05) is 17.8 Å². The minimum Gasteiger partial charge on any atom is -0.393 e. The number of aryl methyl sites for hydroxylation is 2. The minimum absolute atomic E-state index is 0.128. The molecule has 14 heavy (non-hydrogen) atoms. The summed E-state index contributed by atoms with van der Waals surface area (Å²) in [4.78, 5) is 0. The van der Waals surface area contributed by atoms with E-state index >= 15 is 0 Å². The van der Waals surface area contributed by atoms with Crippen molar-refractivity contribution in [3.8, 4) is 0 Å². The fraction of sp³-hybridized carbons (Fsp3) is 0.727. The van der Waals surface area contributed by atoms with Crippen LogP contribution in [0.5, 0.6) is 0 Å². The van der Waals surface area contributed by atoms with Crippen molar-refractivity contribution in [3.05, 3.63) is 18.0 Å². The van der Waals surface area contributed by atoms with Crippen LogP contribution in [0.25, 0.3) is 0 Å². The van der Waals surface area contributed by atoms with Gasteiger partial charge in [0.1, 0.15) is 0 Å². The third-order valence-electron chi connectivity index (χ3n) is 2.48. The first-order chi connectivity index (χ1) is 6.76. The molecule has 0 aliphatic heterocycles. The van der Waals surface area contributed by atoms with Gasteiger partial charge in [0.15, 0.2) is 0 Å². The predicted molar refractivity (Wildman–Crippen MR) is 57.1 cm³/mol. The average Bonchev–Trinajstić information content (AvgIpc) is 2.65. The van der Waals surface area contributed by atoms with Gasteiger partial charge in [-0.2, -0.15) is 5.10 Å². The third kappa shape index (κ3) is 3.50. The lowest BCUT2D eigenvalue weighted by Gasteiger charge is -2.05. The minimum atomic E-state index is -0.128. The Morgan fingerprint density at radius 1 is 1.50 bits per heavy atom. The Morgan fingerprint density at radius 2 is 2.29 bits per heavy atom. The number of rotatable bonds is 6. The van der Waals surface area contributed by atoms with Gasteiger partial charge in [0.25, 0.3) is 0 Å². The molecule has 0 saturated carbocycles. The van der Waals surface area contributed by atoms with Crippen LogP contribution >= 0.6 is 0 Å². The molecule has 0 aliphatic carbocycles. The first-order valence-electron chi connectivity index (χ1n) is 5.45. The summed E-state index contributed by atoms with van der Waals surface area (Å²) in [6.07, 6.45) is 7.69. The second-order valence-electron chi connectivity index (χ2n) is 3.66. The predicted octanol–water partition coefficient (Wildman–Crippen LogP) is 2.00. The fourth-order valence-electron chi connectivity index (χ4n) is 1.45. The highest BCUT2D eigenvalue weighted by molar-refractivity contribution is 5.03. The van der Waals surface area contributed by atoms with Crippen LogP contribution in [0.3, 0.4) is 0 Å². The molecule has 1 rings (SSSR count). The van der Waals surface area contributed by atoms with E-state index in [9.17, 15) is 5.11 Å². The van der Waals surface area contributed by atoms with E-state index in [1.54, 1.807) is 0 Å². The van der Waals surface area contributed by atoms with Gasteiger partial charge in [-0.1, -0.05) is 6.92 Å². The average molecular weight is 196 g/mol. The van der Waals surface area contributed by atoms with E-state index in [-0.39, 0.29) is 6.10 Å². The molecular formula is C11H20N2O. The Kier molecular flexibility index (Phi) is 4.66. The van der Waals surface area contributed by atoms with Gasteiger partial charge < -0.3 is 5.11 Å². The van der Waals surface area contributed by atoms with Crippen LogP contribution in [0.4, 0.5) is 0 Å². The van der Waals surface area contributed by atoms with Gasteiger partial charge in [-0.3, -0.25) is 4.68 Å². The number of aromatic nitrogens is 2. The molecule has 1 N–H and O–H groups in total. The monoisotopic (exact) mass is 196 g/mol. The smallest absolute Gasteiger partial charge is 0.0537 e. The molecule has 0 fully saturated rings. The van der Waals surface area contributed by atoms with Gasteiger partial charge in [-0.15, -0.1) is 0 Å². The summed E-state index contributed by atoms with van der Waals surface area (Å²) >= 11 is 0. The zero-order valence-electron chi connectivity index (χ0n) is 9.11. The largest absolute Gasteiger partial charge is 0.393 e. The second kappa shape index (κ2) is 5.81. The van der Waals surface area contributed by atoms with Crippen molar-refractivity contribution in [1.82, 2.24) is 9.78 Å². The maximum Gasteiger partial charge on any atom is 0.0537 e. The van der Waals surface area contributed by atoms with Crippen LogP contribution in [-0.4, -0.2) is 21.0 Å². The molecule has 0 aliphatic rings. The first-order valence-corrected chi connectivity index (χ1v) is 5.45. The maximum atomic E-state index is 9.37. The number of nitrogens with zero attached hydrogens (tertiary/aromatic N) is 2. The summed E-state index contributed by atoms with van der Waals surface area (Å²) in [6, 6.07) is 0. The molecule has 0 aromatic carbocycles. The van der Waals surface area contributed by atoms with Crippen LogP contribution in [-0.2, 0) is 13.0 Å². The summed E-state index contributed by atoms with van der Waals surface area (Å²) < 4.78 is 1.94. The Balaban J connectivity index is 2.24. The topological polar surface area (TPSA) is 38.1 Å². The van der Waals surface area contributed by atoms with Crippen LogP contribution < -0.4 is 0 Å². The molecule has 3 heteroatoms. The summed E-state index contributed by atoms with van der Waals surface area (Å²) in [6.45, 7) is 5.02. The van der Waals surface area contributed by atoms with E-state index in [2.05, 4.69) is 18.2 Å². The molecule has 80 valence electrons. The van der Waals surface area contributed by atoms with E-state index in [0.717, 1.165) is 32.2 Å². The van der Waals surface area contributed by atoms with Gasteiger partial charge in [-0.05, 0) is 38.2 Å². The Bertz CT molecular complexity index is 258. The van der Waals surface area contributed by atoms with Crippen molar-refractivity contribution < 1.29 is 5.11 Å². The highest BCUT2D eigenvalue weighted by Gasteiger charge is 2.02. The zero-order chi connectivity index (χ0) is 10.4. The number of hydrogen-bond acceptors (Lipinski definition) is 2. The van der Waals surface area contributed by atoms with E-state index < -0.39 is 0 Å². The highest BCUT2D eigenvalue weighted by Crippen LogP contribution is 2.07. The summed E-state index contributed by atoms with van der Waals surface area (Å²) in [5.74, 6) is 0. The molecule has 0 amide bonds. The highest BCUT2D eigenvalue weighted by atomic mass is 16.3. The standard InChI is InChI=1S/C11H20N2O/c1-3-11(14)7-5-6-10-8-12-13(4-2)9-10/h8-9,11,14H,3-7H2,1-2H3. The third-order valence-corrected chi connectivity index (χ3v) is 2.48. The molecule has 0 radical (unpaired) electrons. The SMILES string of the molecule is CCC(O)CCCc1cnn(CC)c1. The fourth-order valence-corrected chi connectivity index (χ4v) is 1.45. The van der Waals surface area contributed by atoms with E-state index in [4.69, 9.17) is 0 Å². The van der Waals surface area contributed by atoms with Crippen molar-refractivity contribution in [2.75, 3.05) is 0 Å². The number of aliphatic hydroxyl groups excluding tert-OH is 1. The van der Waals surface area contributed by atoms with Gasteiger partial charge in [0, 0.05) is 12.7 Å². The molecule has 1 atom stereocenters. The van der Waals surface area contributed by atoms with Crippen molar-refractivity contribution in [1.29, 1.82) is 0 Å².